The molecular weight excluding hydrogens is 298 g/mol. The van der Waals surface area contributed by atoms with Crippen molar-refractivity contribution in [3.05, 3.63) is 53.4 Å². The number of hydrogen-bond donors (Lipinski definition) is 3. The van der Waals surface area contributed by atoms with Crippen LogP contribution in [-0.4, -0.2) is 28.3 Å². The highest BCUT2D eigenvalue weighted by Gasteiger charge is 2.36. The van der Waals surface area contributed by atoms with Gasteiger partial charge in [0.2, 0.25) is 0 Å². The number of hydrogen-bond acceptors (Lipinski definition) is 5. The first-order valence-electron chi connectivity index (χ1n) is 6.99. The zero-order valence-corrected chi connectivity index (χ0v) is 12.2. The summed E-state index contributed by atoms with van der Waals surface area (Å²) >= 11 is 0. The van der Waals surface area contributed by atoms with Crippen molar-refractivity contribution in [2.75, 3.05) is 7.11 Å². The van der Waals surface area contributed by atoms with Crippen LogP contribution in [0.1, 0.15) is 27.7 Å². The number of ether oxygens (including phenoxy) is 1. The smallest absolute Gasteiger partial charge is 0.272 e. The normalized spacial score (nSPS) is 16.2. The number of phenolic OH excluding ortho intramolecular Hbond substituents is 1. The predicted octanol–water partition coefficient (Wildman–Crippen LogP) is 2.22. The monoisotopic (exact) mass is 311 g/mol. The molecule has 116 valence electrons. The van der Waals surface area contributed by atoms with Gasteiger partial charge in [0.05, 0.1) is 19.4 Å². The van der Waals surface area contributed by atoms with Gasteiger partial charge >= 0.3 is 0 Å². The van der Waals surface area contributed by atoms with Crippen LogP contribution < -0.4 is 10.1 Å². The lowest BCUT2D eigenvalue weighted by molar-refractivity contribution is 0.0955. The molecule has 23 heavy (non-hydrogen) atoms. The van der Waals surface area contributed by atoms with Gasteiger partial charge in [-0.25, -0.2) is 0 Å². The van der Waals surface area contributed by atoms with E-state index in [1.807, 2.05) is 0 Å². The third kappa shape index (κ3) is 1.97. The van der Waals surface area contributed by atoms with Gasteiger partial charge in [0.15, 0.2) is 23.0 Å². The maximum Gasteiger partial charge on any atom is 0.272 e. The molecule has 3 aromatic rings. The van der Waals surface area contributed by atoms with E-state index < -0.39 is 6.04 Å². The van der Waals surface area contributed by atoms with Gasteiger partial charge in [0.1, 0.15) is 5.69 Å². The summed E-state index contributed by atoms with van der Waals surface area (Å²) < 4.78 is 10.6. The van der Waals surface area contributed by atoms with Crippen LogP contribution in [0.25, 0.3) is 11.5 Å². The highest BCUT2D eigenvalue weighted by Crippen LogP contribution is 2.39. The average Bonchev–Trinajstić information content (AvgIpc) is 3.26. The van der Waals surface area contributed by atoms with Gasteiger partial charge in [-0.2, -0.15) is 5.10 Å². The molecule has 4 rings (SSSR count). The Balaban J connectivity index is 1.85. The van der Waals surface area contributed by atoms with Crippen LogP contribution in [0.2, 0.25) is 0 Å². The number of rotatable bonds is 3. The first-order valence-corrected chi connectivity index (χ1v) is 6.99. The van der Waals surface area contributed by atoms with Crippen LogP contribution in [0.5, 0.6) is 11.5 Å². The second kappa shape index (κ2) is 4.91. The molecule has 0 fully saturated rings. The molecule has 0 bridgehead atoms. The SMILES string of the molecule is COc1cc(C2NC(=O)c3n[nH]c(-c4ccco4)c32)ccc1O. The number of aromatic hydroxyl groups is 1. The molecular formula is C16H13N3O4. The Kier molecular flexibility index (Phi) is 2.87. The number of methoxy groups -OCH3 is 1. The Bertz CT molecular complexity index is 883. The van der Waals surface area contributed by atoms with E-state index in [9.17, 15) is 9.90 Å². The minimum absolute atomic E-state index is 0.0410. The topological polar surface area (TPSA) is 100 Å². The van der Waals surface area contributed by atoms with Crippen molar-refractivity contribution in [1.29, 1.82) is 0 Å². The van der Waals surface area contributed by atoms with Crippen LogP contribution in [0.3, 0.4) is 0 Å². The van der Waals surface area contributed by atoms with Crippen LogP contribution in [0.15, 0.2) is 41.0 Å². The molecule has 7 nitrogen and oxygen atoms in total. The van der Waals surface area contributed by atoms with Crippen LogP contribution >= 0.6 is 0 Å². The fourth-order valence-electron chi connectivity index (χ4n) is 2.81. The molecule has 7 heteroatoms. The first-order chi connectivity index (χ1) is 11.2. The van der Waals surface area contributed by atoms with Crippen molar-refractivity contribution < 1.29 is 19.1 Å². The van der Waals surface area contributed by atoms with Gasteiger partial charge in [0.25, 0.3) is 5.91 Å². The molecule has 1 aliphatic rings. The van der Waals surface area contributed by atoms with Crippen LogP contribution in [0.4, 0.5) is 0 Å². The first kappa shape index (κ1) is 13.4. The van der Waals surface area contributed by atoms with Crippen molar-refractivity contribution in [2.45, 2.75) is 6.04 Å². The number of aromatic nitrogens is 2. The number of phenols is 1. The second-order valence-corrected chi connectivity index (χ2v) is 5.18. The molecule has 1 atom stereocenters. The van der Waals surface area contributed by atoms with Crippen molar-refractivity contribution in [1.82, 2.24) is 15.5 Å². The molecule has 0 spiro atoms. The number of H-pyrrole nitrogens is 1. The third-order valence-electron chi connectivity index (χ3n) is 3.89. The summed E-state index contributed by atoms with van der Waals surface area (Å²) in [6, 6.07) is 8.12. The lowest BCUT2D eigenvalue weighted by Gasteiger charge is -2.14. The van der Waals surface area contributed by atoms with Crippen LogP contribution in [-0.2, 0) is 0 Å². The second-order valence-electron chi connectivity index (χ2n) is 5.18. The largest absolute Gasteiger partial charge is 0.504 e. The molecule has 1 aliphatic heterocycles. The van der Waals surface area contributed by atoms with E-state index in [1.54, 1.807) is 30.5 Å². The Morgan fingerprint density at radius 2 is 2.22 bits per heavy atom. The molecule has 0 saturated heterocycles. The van der Waals surface area contributed by atoms with Crippen molar-refractivity contribution in [2.24, 2.45) is 0 Å². The van der Waals surface area contributed by atoms with Gasteiger partial charge in [-0.3, -0.25) is 9.89 Å². The summed E-state index contributed by atoms with van der Waals surface area (Å²) in [6.07, 6.45) is 1.56. The van der Waals surface area contributed by atoms with Gasteiger partial charge in [-0.15, -0.1) is 0 Å². The molecule has 1 aromatic carbocycles. The van der Waals surface area contributed by atoms with E-state index >= 15 is 0 Å². The van der Waals surface area contributed by atoms with E-state index in [1.165, 1.54) is 13.2 Å². The van der Waals surface area contributed by atoms with E-state index in [0.717, 1.165) is 11.1 Å². The van der Waals surface area contributed by atoms with Crippen molar-refractivity contribution in [3.8, 4) is 23.0 Å². The summed E-state index contributed by atoms with van der Waals surface area (Å²) in [5, 5.41) is 19.6. The molecule has 1 unspecified atom stereocenters. The Hall–Kier alpha value is -3.22. The average molecular weight is 311 g/mol. The summed E-state index contributed by atoms with van der Waals surface area (Å²) in [4.78, 5) is 12.1. The van der Waals surface area contributed by atoms with Gasteiger partial charge in [0, 0.05) is 5.56 Å². The fourth-order valence-corrected chi connectivity index (χ4v) is 2.81. The van der Waals surface area contributed by atoms with E-state index in [-0.39, 0.29) is 11.7 Å². The lowest BCUT2D eigenvalue weighted by Crippen LogP contribution is -2.21. The van der Waals surface area contributed by atoms with Crippen molar-refractivity contribution >= 4 is 5.91 Å². The zero-order chi connectivity index (χ0) is 16.0. The molecule has 2 aromatic heterocycles. The highest BCUT2D eigenvalue weighted by molar-refractivity contribution is 5.99. The zero-order valence-electron chi connectivity index (χ0n) is 12.2. The molecule has 0 saturated carbocycles. The van der Waals surface area contributed by atoms with Crippen LogP contribution in [0, 0.1) is 0 Å². The molecule has 0 radical (unpaired) electrons. The number of benzene rings is 1. The number of furan rings is 1. The lowest BCUT2D eigenvalue weighted by atomic mass is 9.98. The predicted molar refractivity (Wildman–Crippen MR) is 80.3 cm³/mol. The standard InChI is InChI=1S/C16H13N3O4/c1-22-11-7-8(4-5-9(11)20)13-12-14(10-3-2-6-23-10)18-19-15(12)16(21)17-13/h2-7,13,20H,1H3,(H,17,21)(H,18,19). The number of carbonyl (C=O) groups excluding carboxylic acids is 1. The number of aromatic amines is 1. The third-order valence-corrected chi connectivity index (χ3v) is 3.89. The minimum Gasteiger partial charge on any atom is -0.504 e. The number of nitrogens with one attached hydrogen (secondary N) is 2. The molecule has 0 aliphatic carbocycles. The summed E-state index contributed by atoms with van der Waals surface area (Å²) in [6.45, 7) is 0. The number of carbonyl (C=O) groups is 1. The van der Waals surface area contributed by atoms with E-state index in [0.29, 0.717) is 22.9 Å². The quantitative estimate of drug-likeness (QED) is 0.688. The maximum atomic E-state index is 12.1. The Labute approximate surface area is 130 Å². The van der Waals surface area contributed by atoms with Gasteiger partial charge in [-0.05, 0) is 29.8 Å². The molecule has 3 heterocycles. The number of amides is 1. The van der Waals surface area contributed by atoms with Crippen molar-refractivity contribution in [3.63, 3.8) is 0 Å². The molecule has 3 N–H and O–H groups in total. The highest BCUT2D eigenvalue weighted by atomic mass is 16.5. The maximum absolute atomic E-state index is 12.1. The Morgan fingerprint density at radius 3 is 2.96 bits per heavy atom. The summed E-state index contributed by atoms with van der Waals surface area (Å²) in [7, 11) is 1.48. The van der Waals surface area contributed by atoms with Gasteiger partial charge < -0.3 is 19.6 Å². The summed E-state index contributed by atoms with van der Waals surface area (Å²) in [5.74, 6) is 0.726. The number of fused-ring (bicyclic) bond motifs is 1. The fraction of sp³-hybridized carbons (Fsp3) is 0.125. The summed E-state index contributed by atoms with van der Waals surface area (Å²) in [5.41, 5.74) is 2.49. The van der Waals surface area contributed by atoms with E-state index in [4.69, 9.17) is 9.15 Å². The molecule has 1 amide bonds. The minimum atomic E-state index is -0.397. The number of nitrogens with zero attached hydrogens (tertiary/aromatic N) is 1. The van der Waals surface area contributed by atoms with Gasteiger partial charge in [-0.1, -0.05) is 6.07 Å². The van der Waals surface area contributed by atoms with E-state index in [2.05, 4.69) is 15.5 Å². The Morgan fingerprint density at radius 1 is 1.35 bits per heavy atom.